The van der Waals surface area contributed by atoms with Gasteiger partial charge < -0.3 is 10.4 Å². The van der Waals surface area contributed by atoms with Crippen molar-refractivity contribution in [2.24, 2.45) is 0 Å². The molecule has 0 spiro atoms. The number of rotatable bonds is 3. The fourth-order valence-electron chi connectivity index (χ4n) is 2.42. The lowest BCUT2D eigenvalue weighted by atomic mass is 9.97. The molecule has 2 rings (SSSR count). The Bertz CT molecular complexity index is 504. The topological polar surface area (TPSA) is 79.3 Å². The van der Waals surface area contributed by atoms with Crippen LogP contribution in [0.5, 0.6) is 0 Å². The molecule has 0 aromatic carbocycles. The number of carbonyl (C=O) groups excluding carboxylic acids is 1. The second-order valence-corrected chi connectivity index (χ2v) is 5.26. The Kier molecular flexibility index (Phi) is 3.75. The zero-order chi connectivity index (χ0) is 14.0. The number of carboxylic acids is 1. The number of nitrogens with zero attached hydrogens (tertiary/aromatic N) is 1. The molecule has 1 aromatic heterocycles. The molecule has 1 aliphatic carbocycles. The third-order valence-corrected chi connectivity index (χ3v) is 3.60. The van der Waals surface area contributed by atoms with Crippen molar-refractivity contribution in [3.63, 3.8) is 0 Å². The van der Waals surface area contributed by atoms with Gasteiger partial charge in [0.15, 0.2) is 0 Å². The van der Waals surface area contributed by atoms with Gasteiger partial charge in [-0.3, -0.25) is 4.79 Å². The van der Waals surface area contributed by atoms with Gasteiger partial charge in [0.2, 0.25) is 0 Å². The molecule has 0 bridgehead atoms. The highest BCUT2D eigenvalue weighted by Gasteiger charge is 2.42. The summed E-state index contributed by atoms with van der Waals surface area (Å²) in [6.45, 7) is 1.73. The molecule has 2 N–H and O–H groups in total. The van der Waals surface area contributed by atoms with E-state index in [1.807, 2.05) is 0 Å². The van der Waals surface area contributed by atoms with Gasteiger partial charge in [0.25, 0.3) is 5.91 Å². The molecular weight excluding hydrogens is 268 g/mol. The zero-order valence-electron chi connectivity index (χ0n) is 10.6. The SMILES string of the molecule is Cc1cc(C(=O)NC2(C(=O)O)CCCC2)cc(Cl)n1. The number of carboxylic acid groups (broad SMARTS) is 1. The number of aromatic nitrogens is 1. The Hall–Kier alpha value is -1.62. The molecule has 1 amide bonds. The molecule has 1 aromatic rings. The maximum atomic E-state index is 12.2. The third kappa shape index (κ3) is 2.87. The molecule has 6 heteroatoms. The number of pyridine rings is 1. The van der Waals surface area contributed by atoms with Crippen LogP contribution in [0.25, 0.3) is 0 Å². The first-order valence-corrected chi connectivity index (χ1v) is 6.51. The molecule has 0 saturated heterocycles. The van der Waals surface area contributed by atoms with Crippen LogP contribution in [-0.4, -0.2) is 27.5 Å². The maximum Gasteiger partial charge on any atom is 0.329 e. The lowest BCUT2D eigenvalue weighted by Gasteiger charge is -2.25. The first kappa shape index (κ1) is 13.8. The normalized spacial score (nSPS) is 17.2. The van der Waals surface area contributed by atoms with Crippen LogP contribution in [0.2, 0.25) is 5.15 Å². The van der Waals surface area contributed by atoms with Crippen molar-refractivity contribution in [3.8, 4) is 0 Å². The Morgan fingerprint density at radius 1 is 1.37 bits per heavy atom. The number of nitrogens with one attached hydrogen (secondary N) is 1. The van der Waals surface area contributed by atoms with Crippen LogP contribution in [0.15, 0.2) is 12.1 Å². The van der Waals surface area contributed by atoms with Gasteiger partial charge in [0, 0.05) is 11.3 Å². The summed E-state index contributed by atoms with van der Waals surface area (Å²) in [7, 11) is 0. The predicted molar refractivity (Wildman–Crippen MR) is 70.3 cm³/mol. The zero-order valence-corrected chi connectivity index (χ0v) is 11.3. The van der Waals surface area contributed by atoms with Gasteiger partial charge in [-0.25, -0.2) is 9.78 Å². The number of aliphatic carboxylic acids is 1. The minimum Gasteiger partial charge on any atom is -0.480 e. The number of carbonyl (C=O) groups is 2. The lowest BCUT2D eigenvalue weighted by Crippen LogP contribution is -2.52. The summed E-state index contributed by atoms with van der Waals surface area (Å²) in [5.41, 5.74) is -0.181. The van der Waals surface area contributed by atoms with Crippen molar-refractivity contribution in [1.29, 1.82) is 0 Å². The van der Waals surface area contributed by atoms with E-state index in [2.05, 4.69) is 10.3 Å². The van der Waals surface area contributed by atoms with Gasteiger partial charge >= 0.3 is 5.97 Å². The van der Waals surface area contributed by atoms with Crippen molar-refractivity contribution in [2.75, 3.05) is 0 Å². The largest absolute Gasteiger partial charge is 0.480 e. The summed E-state index contributed by atoms with van der Waals surface area (Å²) in [5, 5.41) is 12.2. The van der Waals surface area contributed by atoms with Gasteiger partial charge in [-0.05, 0) is 31.9 Å². The highest BCUT2D eigenvalue weighted by molar-refractivity contribution is 6.29. The Labute approximate surface area is 116 Å². The highest BCUT2D eigenvalue weighted by Crippen LogP contribution is 2.30. The number of hydrogen-bond donors (Lipinski definition) is 2. The maximum absolute atomic E-state index is 12.2. The lowest BCUT2D eigenvalue weighted by molar-refractivity contribution is -0.144. The van der Waals surface area contributed by atoms with Gasteiger partial charge in [0.1, 0.15) is 10.7 Å². The molecule has 0 atom stereocenters. The van der Waals surface area contributed by atoms with Crippen molar-refractivity contribution < 1.29 is 14.7 Å². The first-order chi connectivity index (χ1) is 8.93. The van der Waals surface area contributed by atoms with Gasteiger partial charge in [-0.2, -0.15) is 0 Å². The van der Waals surface area contributed by atoms with Gasteiger partial charge in [0.05, 0.1) is 0 Å². The van der Waals surface area contributed by atoms with Gasteiger partial charge in [-0.1, -0.05) is 24.4 Å². The second-order valence-electron chi connectivity index (χ2n) is 4.87. The van der Waals surface area contributed by atoms with E-state index in [-0.39, 0.29) is 5.15 Å². The van der Waals surface area contributed by atoms with Crippen molar-refractivity contribution in [2.45, 2.75) is 38.1 Å². The minimum atomic E-state index is -1.14. The summed E-state index contributed by atoms with van der Waals surface area (Å²) < 4.78 is 0. The molecule has 5 nitrogen and oxygen atoms in total. The molecule has 0 radical (unpaired) electrons. The van der Waals surface area contributed by atoms with E-state index in [4.69, 9.17) is 11.6 Å². The average Bonchev–Trinajstić information content (AvgIpc) is 2.77. The van der Waals surface area contributed by atoms with E-state index in [1.165, 1.54) is 6.07 Å². The van der Waals surface area contributed by atoms with Crippen LogP contribution in [0.1, 0.15) is 41.7 Å². The summed E-state index contributed by atoms with van der Waals surface area (Å²) in [4.78, 5) is 27.5. The summed E-state index contributed by atoms with van der Waals surface area (Å²) in [5.74, 6) is -1.40. The molecule has 19 heavy (non-hydrogen) atoms. The monoisotopic (exact) mass is 282 g/mol. The molecule has 1 fully saturated rings. The Morgan fingerprint density at radius 2 is 2.00 bits per heavy atom. The van der Waals surface area contributed by atoms with Crippen molar-refractivity contribution in [3.05, 3.63) is 28.5 Å². The molecule has 0 unspecified atom stereocenters. The quantitative estimate of drug-likeness (QED) is 0.833. The van der Waals surface area contributed by atoms with Crippen LogP contribution < -0.4 is 5.32 Å². The summed E-state index contributed by atoms with van der Waals surface area (Å²) in [6, 6.07) is 3.03. The Balaban J connectivity index is 2.22. The fourth-order valence-corrected chi connectivity index (χ4v) is 2.67. The van der Waals surface area contributed by atoms with E-state index >= 15 is 0 Å². The third-order valence-electron chi connectivity index (χ3n) is 3.40. The van der Waals surface area contributed by atoms with Crippen molar-refractivity contribution in [1.82, 2.24) is 10.3 Å². The number of amides is 1. The standard InChI is InChI=1S/C13H15ClN2O3/c1-8-6-9(7-10(14)15-8)11(17)16-13(12(18)19)4-2-3-5-13/h6-7H,2-5H2,1H3,(H,16,17)(H,18,19). The first-order valence-electron chi connectivity index (χ1n) is 6.13. The van der Waals surface area contributed by atoms with E-state index in [0.29, 0.717) is 24.1 Å². The molecule has 1 aliphatic rings. The molecular formula is C13H15ClN2O3. The summed E-state index contributed by atoms with van der Waals surface area (Å²) in [6.07, 6.45) is 2.54. The molecule has 102 valence electrons. The minimum absolute atomic E-state index is 0.223. The fraction of sp³-hybridized carbons (Fsp3) is 0.462. The summed E-state index contributed by atoms with van der Waals surface area (Å²) >= 11 is 5.80. The predicted octanol–water partition coefficient (Wildman–Crippen LogP) is 2.17. The van der Waals surface area contributed by atoms with Gasteiger partial charge in [-0.15, -0.1) is 0 Å². The van der Waals surface area contributed by atoms with Crippen LogP contribution in [0.3, 0.4) is 0 Å². The average molecular weight is 283 g/mol. The highest BCUT2D eigenvalue weighted by atomic mass is 35.5. The van der Waals surface area contributed by atoms with Crippen LogP contribution in [0.4, 0.5) is 0 Å². The van der Waals surface area contributed by atoms with E-state index in [9.17, 15) is 14.7 Å². The molecule has 1 heterocycles. The molecule has 0 aliphatic heterocycles. The van der Waals surface area contributed by atoms with Crippen LogP contribution in [-0.2, 0) is 4.79 Å². The number of halogens is 1. The Morgan fingerprint density at radius 3 is 2.53 bits per heavy atom. The van der Waals surface area contributed by atoms with E-state index in [1.54, 1.807) is 13.0 Å². The van der Waals surface area contributed by atoms with Crippen molar-refractivity contribution >= 4 is 23.5 Å². The molecule has 1 saturated carbocycles. The van der Waals surface area contributed by atoms with E-state index < -0.39 is 17.4 Å². The number of aryl methyl sites for hydroxylation is 1. The second kappa shape index (κ2) is 5.17. The smallest absolute Gasteiger partial charge is 0.329 e. The van der Waals surface area contributed by atoms with Crippen LogP contribution >= 0.6 is 11.6 Å². The van der Waals surface area contributed by atoms with E-state index in [0.717, 1.165) is 12.8 Å². The van der Waals surface area contributed by atoms with Crippen LogP contribution in [0, 0.1) is 6.92 Å². The number of hydrogen-bond acceptors (Lipinski definition) is 3.